The number of aromatic carboxylic acids is 1. The van der Waals surface area contributed by atoms with Gasteiger partial charge in [-0.15, -0.1) is 0 Å². The Kier molecular flexibility index (Phi) is 8.16. The van der Waals surface area contributed by atoms with Crippen LogP contribution >= 0.6 is 11.6 Å². The van der Waals surface area contributed by atoms with Crippen LogP contribution in [-0.2, 0) is 4.79 Å². The number of benzene rings is 1. The number of hydrogen-bond donors (Lipinski definition) is 2. The minimum Gasteiger partial charge on any atom is -0.478 e. The van der Waals surface area contributed by atoms with E-state index in [1.165, 1.54) is 18.3 Å². The van der Waals surface area contributed by atoms with Gasteiger partial charge in [0.05, 0.1) is 18.4 Å². The minimum absolute atomic E-state index is 0.0138. The van der Waals surface area contributed by atoms with E-state index in [0.29, 0.717) is 17.1 Å². The Balaban J connectivity index is 2.35. The number of Topliss-reactive ketones (excluding diaryl/α,β-unsaturated/α-hetero) is 1. The number of ketones is 1. The number of aromatic nitrogens is 1. The van der Waals surface area contributed by atoms with Gasteiger partial charge in [0.25, 0.3) is 5.91 Å². The highest BCUT2D eigenvalue weighted by Gasteiger charge is 2.26. The van der Waals surface area contributed by atoms with Crippen LogP contribution in [0.5, 0.6) is 0 Å². The van der Waals surface area contributed by atoms with E-state index < -0.39 is 17.3 Å². The maximum Gasteiger partial charge on any atom is 0.339 e. The first-order valence-electron chi connectivity index (χ1n) is 10.1. The molecule has 0 unspecified atom stereocenters. The van der Waals surface area contributed by atoms with Crippen molar-refractivity contribution in [3.05, 3.63) is 52.7 Å². The zero-order valence-electron chi connectivity index (χ0n) is 18.2. The number of anilines is 2. The van der Waals surface area contributed by atoms with Crippen LogP contribution in [0.2, 0.25) is 5.02 Å². The summed E-state index contributed by atoms with van der Waals surface area (Å²) in [5, 5.41) is 12.8. The number of halogens is 1. The quantitative estimate of drug-likeness (QED) is 0.569. The molecule has 0 bridgehead atoms. The lowest BCUT2D eigenvalue weighted by atomic mass is 9.90. The molecule has 0 saturated carbocycles. The number of pyridine rings is 1. The fraction of sp³-hybridized carbons (Fsp3) is 0.391. The second kappa shape index (κ2) is 10.4. The van der Waals surface area contributed by atoms with Crippen molar-refractivity contribution in [1.29, 1.82) is 0 Å². The molecule has 0 atom stereocenters. The predicted octanol–water partition coefficient (Wildman–Crippen LogP) is 4.91. The summed E-state index contributed by atoms with van der Waals surface area (Å²) in [6, 6.07) is 7.78. The number of carboxylic acids is 1. The Bertz CT molecular complexity index is 970. The number of nitrogens with one attached hydrogen (secondary N) is 1. The van der Waals surface area contributed by atoms with Gasteiger partial charge in [-0.25, -0.2) is 9.78 Å². The molecule has 0 saturated heterocycles. The van der Waals surface area contributed by atoms with Gasteiger partial charge in [0.1, 0.15) is 11.4 Å². The van der Waals surface area contributed by atoms with E-state index in [1.54, 1.807) is 23.1 Å². The number of amides is 1. The fourth-order valence-electron chi connectivity index (χ4n) is 2.79. The Morgan fingerprint density at radius 2 is 1.90 bits per heavy atom. The average molecular weight is 446 g/mol. The van der Waals surface area contributed by atoms with Crippen molar-refractivity contribution < 1.29 is 19.5 Å². The van der Waals surface area contributed by atoms with Gasteiger partial charge in [0.2, 0.25) is 0 Å². The second-order valence-corrected chi connectivity index (χ2v) is 8.75. The molecule has 7 nitrogen and oxygen atoms in total. The molecule has 2 N–H and O–H groups in total. The molecular formula is C23H28ClN3O4. The molecular weight excluding hydrogens is 418 g/mol. The first kappa shape index (κ1) is 24.3. The number of carboxylic acid groups (broad SMARTS) is 1. The van der Waals surface area contributed by atoms with E-state index in [2.05, 4.69) is 10.3 Å². The summed E-state index contributed by atoms with van der Waals surface area (Å²) in [7, 11) is 0. The Labute approximate surface area is 187 Å². The van der Waals surface area contributed by atoms with Gasteiger partial charge < -0.3 is 15.3 Å². The van der Waals surface area contributed by atoms with E-state index in [0.717, 1.165) is 12.8 Å². The molecule has 31 heavy (non-hydrogen) atoms. The standard InChI is InChI=1S/C23H28ClN3O4/c1-5-6-10-27(14-19(28)23(2,3)4)20-18(22(30)31)12-17(13-25-20)26-21(29)15-8-7-9-16(24)11-15/h7-9,11-13H,5-6,10,14H2,1-4H3,(H,26,29)(H,30,31). The van der Waals surface area contributed by atoms with Gasteiger partial charge in [-0.2, -0.15) is 0 Å². The van der Waals surface area contributed by atoms with Gasteiger partial charge in [-0.05, 0) is 30.7 Å². The van der Waals surface area contributed by atoms with Crippen molar-refractivity contribution in [2.24, 2.45) is 5.41 Å². The number of carbonyl (C=O) groups is 3. The molecule has 2 rings (SSSR count). The highest BCUT2D eigenvalue weighted by Crippen LogP contribution is 2.25. The van der Waals surface area contributed by atoms with E-state index in [-0.39, 0.29) is 29.4 Å². The van der Waals surface area contributed by atoms with Crippen LogP contribution in [0.25, 0.3) is 0 Å². The summed E-state index contributed by atoms with van der Waals surface area (Å²) in [6.45, 7) is 8.06. The zero-order chi connectivity index (χ0) is 23.2. The number of nitrogens with zero attached hydrogens (tertiary/aromatic N) is 2. The van der Waals surface area contributed by atoms with Gasteiger partial charge in [0.15, 0.2) is 5.78 Å². The third-order valence-electron chi connectivity index (χ3n) is 4.69. The van der Waals surface area contributed by atoms with Crippen LogP contribution < -0.4 is 10.2 Å². The van der Waals surface area contributed by atoms with Crippen molar-refractivity contribution in [1.82, 2.24) is 4.98 Å². The Hall–Kier alpha value is -2.93. The minimum atomic E-state index is -1.19. The molecule has 0 fully saturated rings. The average Bonchev–Trinajstić information content (AvgIpc) is 2.70. The summed E-state index contributed by atoms with van der Waals surface area (Å²) in [5.74, 6) is -1.43. The normalized spacial score (nSPS) is 11.1. The molecule has 1 aromatic carbocycles. The monoisotopic (exact) mass is 445 g/mol. The molecule has 0 radical (unpaired) electrons. The maximum absolute atomic E-state index is 12.6. The highest BCUT2D eigenvalue weighted by molar-refractivity contribution is 6.31. The van der Waals surface area contributed by atoms with E-state index in [4.69, 9.17) is 11.6 Å². The third kappa shape index (κ3) is 6.79. The molecule has 8 heteroatoms. The molecule has 1 amide bonds. The van der Waals surface area contributed by atoms with Crippen LogP contribution in [0, 0.1) is 5.41 Å². The van der Waals surface area contributed by atoms with Crippen molar-refractivity contribution in [3.8, 4) is 0 Å². The first-order chi connectivity index (χ1) is 14.5. The van der Waals surface area contributed by atoms with Crippen molar-refractivity contribution in [3.63, 3.8) is 0 Å². The van der Waals surface area contributed by atoms with Gasteiger partial charge >= 0.3 is 5.97 Å². The van der Waals surface area contributed by atoms with Gasteiger partial charge in [-0.1, -0.05) is 51.8 Å². The third-order valence-corrected chi connectivity index (χ3v) is 4.93. The maximum atomic E-state index is 12.6. The molecule has 0 aliphatic heterocycles. The molecule has 0 aliphatic rings. The lowest BCUT2D eigenvalue weighted by Gasteiger charge is -2.28. The Morgan fingerprint density at radius 3 is 2.48 bits per heavy atom. The number of unbranched alkanes of at least 4 members (excludes halogenated alkanes) is 1. The van der Waals surface area contributed by atoms with Crippen molar-refractivity contribution >= 4 is 40.8 Å². The molecule has 2 aromatic rings. The molecule has 0 aliphatic carbocycles. The fourth-order valence-corrected chi connectivity index (χ4v) is 2.98. The molecule has 1 heterocycles. The van der Waals surface area contributed by atoms with Crippen LogP contribution in [0.1, 0.15) is 61.3 Å². The Morgan fingerprint density at radius 1 is 1.19 bits per heavy atom. The van der Waals surface area contributed by atoms with Crippen LogP contribution in [0.15, 0.2) is 36.5 Å². The number of hydrogen-bond acceptors (Lipinski definition) is 5. The SMILES string of the molecule is CCCCN(CC(=O)C(C)(C)C)c1ncc(NC(=O)c2cccc(Cl)c2)cc1C(=O)O. The van der Waals surface area contributed by atoms with Crippen LogP contribution in [0.4, 0.5) is 11.5 Å². The van der Waals surface area contributed by atoms with Gasteiger partial charge in [0, 0.05) is 22.5 Å². The second-order valence-electron chi connectivity index (χ2n) is 8.31. The largest absolute Gasteiger partial charge is 0.478 e. The van der Waals surface area contributed by atoms with Gasteiger partial charge in [-0.3, -0.25) is 9.59 Å². The van der Waals surface area contributed by atoms with E-state index in [1.807, 2.05) is 27.7 Å². The number of carbonyl (C=O) groups excluding carboxylic acids is 2. The lowest BCUT2D eigenvalue weighted by molar-refractivity contribution is -0.124. The van der Waals surface area contributed by atoms with Crippen LogP contribution in [-0.4, -0.2) is 40.8 Å². The molecule has 1 aromatic heterocycles. The summed E-state index contributed by atoms with van der Waals surface area (Å²) in [4.78, 5) is 43.0. The molecule has 0 spiro atoms. The summed E-state index contributed by atoms with van der Waals surface area (Å²) in [5.41, 5.74) is -0.0575. The smallest absolute Gasteiger partial charge is 0.339 e. The number of rotatable bonds is 9. The summed E-state index contributed by atoms with van der Waals surface area (Å²) < 4.78 is 0. The molecule has 166 valence electrons. The predicted molar refractivity (Wildman–Crippen MR) is 122 cm³/mol. The van der Waals surface area contributed by atoms with Crippen LogP contribution in [0.3, 0.4) is 0 Å². The lowest BCUT2D eigenvalue weighted by Crippen LogP contribution is -2.37. The van der Waals surface area contributed by atoms with E-state index >= 15 is 0 Å². The topological polar surface area (TPSA) is 99.6 Å². The highest BCUT2D eigenvalue weighted by atomic mass is 35.5. The van der Waals surface area contributed by atoms with E-state index in [9.17, 15) is 19.5 Å². The van der Waals surface area contributed by atoms with Crippen molar-refractivity contribution in [2.45, 2.75) is 40.5 Å². The summed E-state index contributed by atoms with van der Waals surface area (Å²) in [6.07, 6.45) is 3.06. The summed E-state index contributed by atoms with van der Waals surface area (Å²) >= 11 is 5.93. The first-order valence-corrected chi connectivity index (χ1v) is 10.5. The van der Waals surface area contributed by atoms with Crippen molar-refractivity contribution in [2.75, 3.05) is 23.3 Å². The zero-order valence-corrected chi connectivity index (χ0v) is 19.0.